The van der Waals surface area contributed by atoms with E-state index in [-0.39, 0.29) is 11.9 Å². The molecule has 32 heavy (non-hydrogen) atoms. The molecule has 1 unspecified atom stereocenters. The van der Waals surface area contributed by atoms with Crippen molar-refractivity contribution >= 4 is 17.0 Å². The number of rotatable bonds is 5. The smallest absolute Gasteiger partial charge is 0.296 e. The first-order chi connectivity index (χ1) is 15.7. The summed E-state index contributed by atoms with van der Waals surface area (Å²) in [6.45, 7) is 4.22. The highest BCUT2D eigenvalue weighted by Crippen LogP contribution is 2.30. The Kier molecular flexibility index (Phi) is 6.13. The molecular formula is C22H26F2N6O2. The molecule has 3 aromatic rings. The summed E-state index contributed by atoms with van der Waals surface area (Å²) >= 11 is 0. The van der Waals surface area contributed by atoms with Crippen molar-refractivity contribution in [1.82, 2.24) is 24.8 Å². The number of imidazole rings is 1. The lowest BCUT2D eigenvalue weighted by Crippen LogP contribution is -2.37. The van der Waals surface area contributed by atoms with Gasteiger partial charge < -0.3 is 19.7 Å². The SMILES string of the molecule is FC(F)c1nc2ccccc2n1-c1cc(OC2CCCNCC2)nc(N2CCOCC2)n1. The fraction of sp³-hybridized carbons (Fsp3) is 0.500. The summed E-state index contributed by atoms with van der Waals surface area (Å²) in [5, 5.41) is 3.37. The first kappa shape index (κ1) is 21.0. The summed E-state index contributed by atoms with van der Waals surface area (Å²) in [6.07, 6.45) is 0.0550. The molecule has 0 spiro atoms. The predicted molar refractivity (Wildman–Crippen MR) is 116 cm³/mol. The van der Waals surface area contributed by atoms with Crippen molar-refractivity contribution in [1.29, 1.82) is 0 Å². The highest BCUT2D eigenvalue weighted by Gasteiger charge is 2.24. The molecule has 0 saturated carbocycles. The van der Waals surface area contributed by atoms with Gasteiger partial charge in [0.1, 0.15) is 11.9 Å². The molecule has 1 atom stereocenters. The third-order valence-corrected chi connectivity index (χ3v) is 5.79. The maximum atomic E-state index is 13.9. The van der Waals surface area contributed by atoms with Crippen LogP contribution in [0.1, 0.15) is 31.5 Å². The van der Waals surface area contributed by atoms with Gasteiger partial charge in [-0.05, 0) is 44.5 Å². The summed E-state index contributed by atoms with van der Waals surface area (Å²) < 4.78 is 41.0. The number of hydrogen-bond donors (Lipinski definition) is 1. The third-order valence-electron chi connectivity index (χ3n) is 5.79. The van der Waals surface area contributed by atoms with Gasteiger partial charge in [0.05, 0.1) is 24.2 Å². The Morgan fingerprint density at radius 2 is 1.91 bits per heavy atom. The van der Waals surface area contributed by atoms with E-state index in [0.717, 1.165) is 32.4 Å². The van der Waals surface area contributed by atoms with E-state index in [2.05, 4.69) is 20.3 Å². The average Bonchev–Trinajstić information content (AvgIpc) is 3.03. The van der Waals surface area contributed by atoms with Crippen LogP contribution in [-0.2, 0) is 4.74 Å². The maximum Gasteiger partial charge on any atom is 0.296 e. The predicted octanol–water partition coefficient (Wildman–Crippen LogP) is 3.11. The van der Waals surface area contributed by atoms with Gasteiger partial charge >= 0.3 is 0 Å². The van der Waals surface area contributed by atoms with E-state index in [1.54, 1.807) is 30.3 Å². The van der Waals surface area contributed by atoms with E-state index in [1.165, 1.54) is 4.57 Å². The standard InChI is InChI=1S/C22H26F2N6O2/c23-20(24)21-26-16-5-1-2-6-17(16)30(21)18-14-19(32-15-4-3-8-25-9-7-15)28-22(27-18)29-10-12-31-13-11-29/h1-2,5-6,14-15,20,25H,3-4,7-13H2. The van der Waals surface area contributed by atoms with Crippen LogP contribution in [0.4, 0.5) is 14.7 Å². The number of halogens is 2. The molecule has 1 aromatic carbocycles. The zero-order valence-electron chi connectivity index (χ0n) is 17.7. The molecule has 10 heteroatoms. The quantitative estimate of drug-likeness (QED) is 0.648. The number of ether oxygens (including phenoxy) is 2. The summed E-state index contributed by atoms with van der Waals surface area (Å²) in [5.41, 5.74) is 1.06. The molecule has 5 rings (SSSR count). The number of anilines is 1. The second-order valence-electron chi connectivity index (χ2n) is 7.98. The van der Waals surface area contributed by atoms with Crippen molar-refractivity contribution in [3.8, 4) is 11.7 Å². The number of benzene rings is 1. The van der Waals surface area contributed by atoms with Crippen molar-refractivity contribution in [2.45, 2.75) is 31.8 Å². The normalized spacial score (nSPS) is 20.0. The second kappa shape index (κ2) is 9.33. The molecular weight excluding hydrogens is 418 g/mol. The van der Waals surface area contributed by atoms with Gasteiger partial charge in [0, 0.05) is 19.2 Å². The number of aromatic nitrogens is 4. The van der Waals surface area contributed by atoms with Crippen LogP contribution >= 0.6 is 0 Å². The zero-order chi connectivity index (χ0) is 21.9. The van der Waals surface area contributed by atoms with E-state index in [9.17, 15) is 8.78 Å². The molecule has 0 radical (unpaired) electrons. The maximum absolute atomic E-state index is 13.9. The molecule has 2 saturated heterocycles. The Hall–Kier alpha value is -2.85. The van der Waals surface area contributed by atoms with Crippen LogP contribution in [0.25, 0.3) is 16.9 Å². The minimum atomic E-state index is -2.75. The molecule has 2 aliphatic rings. The topological polar surface area (TPSA) is 77.3 Å². The second-order valence-corrected chi connectivity index (χ2v) is 7.98. The highest BCUT2D eigenvalue weighted by molar-refractivity contribution is 5.78. The van der Waals surface area contributed by atoms with Gasteiger partial charge in [0.2, 0.25) is 11.8 Å². The number of para-hydroxylation sites is 2. The summed E-state index contributed by atoms with van der Waals surface area (Å²) in [6, 6.07) is 8.71. The molecule has 0 bridgehead atoms. The average molecular weight is 444 g/mol. The first-order valence-electron chi connectivity index (χ1n) is 11.0. The molecule has 8 nitrogen and oxygen atoms in total. The van der Waals surface area contributed by atoms with E-state index in [0.29, 0.717) is 55.0 Å². The Morgan fingerprint density at radius 1 is 1.06 bits per heavy atom. The van der Waals surface area contributed by atoms with Crippen molar-refractivity contribution in [2.75, 3.05) is 44.3 Å². The van der Waals surface area contributed by atoms with E-state index < -0.39 is 6.43 Å². The fourth-order valence-corrected chi connectivity index (χ4v) is 4.19. The molecule has 2 aromatic heterocycles. The van der Waals surface area contributed by atoms with Crippen molar-refractivity contribution < 1.29 is 18.3 Å². The molecule has 170 valence electrons. The van der Waals surface area contributed by atoms with Crippen molar-refractivity contribution in [2.24, 2.45) is 0 Å². The Bertz CT molecular complexity index is 1060. The number of alkyl halides is 2. The molecule has 0 amide bonds. The van der Waals surface area contributed by atoms with Gasteiger partial charge in [-0.25, -0.2) is 13.8 Å². The Labute approximate surface area is 184 Å². The van der Waals surface area contributed by atoms with Crippen molar-refractivity contribution in [3.05, 3.63) is 36.2 Å². The number of nitrogens with zero attached hydrogens (tertiary/aromatic N) is 5. The zero-order valence-corrected chi connectivity index (χ0v) is 17.7. The lowest BCUT2D eigenvalue weighted by Gasteiger charge is -2.27. The molecule has 2 aliphatic heterocycles. The van der Waals surface area contributed by atoms with Crippen LogP contribution in [0.2, 0.25) is 0 Å². The fourth-order valence-electron chi connectivity index (χ4n) is 4.19. The van der Waals surface area contributed by atoms with Crippen LogP contribution < -0.4 is 15.0 Å². The summed E-state index contributed by atoms with van der Waals surface area (Å²) in [4.78, 5) is 15.5. The number of morpholine rings is 1. The van der Waals surface area contributed by atoms with Gasteiger partial charge in [-0.1, -0.05) is 12.1 Å². The van der Waals surface area contributed by atoms with Crippen LogP contribution in [0.3, 0.4) is 0 Å². The van der Waals surface area contributed by atoms with Gasteiger partial charge in [0.15, 0.2) is 5.82 Å². The largest absolute Gasteiger partial charge is 0.474 e. The Morgan fingerprint density at radius 3 is 2.75 bits per heavy atom. The summed E-state index contributed by atoms with van der Waals surface area (Å²) in [7, 11) is 0. The minimum absolute atomic E-state index is 0.0133. The van der Waals surface area contributed by atoms with Crippen LogP contribution in [0, 0.1) is 0 Å². The minimum Gasteiger partial charge on any atom is -0.474 e. The van der Waals surface area contributed by atoms with E-state index in [1.807, 2.05) is 4.90 Å². The van der Waals surface area contributed by atoms with Gasteiger partial charge in [-0.15, -0.1) is 0 Å². The van der Waals surface area contributed by atoms with Crippen LogP contribution in [-0.4, -0.2) is 65.0 Å². The molecule has 4 heterocycles. The van der Waals surface area contributed by atoms with Crippen LogP contribution in [0.15, 0.2) is 30.3 Å². The number of fused-ring (bicyclic) bond motifs is 1. The van der Waals surface area contributed by atoms with E-state index >= 15 is 0 Å². The van der Waals surface area contributed by atoms with Gasteiger partial charge in [-0.2, -0.15) is 9.97 Å². The molecule has 1 N–H and O–H groups in total. The number of nitrogens with one attached hydrogen (secondary N) is 1. The Balaban J connectivity index is 1.59. The highest BCUT2D eigenvalue weighted by atomic mass is 19.3. The molecule has 0 aliphatic carbocycles. The summed E-state index contributed by atoms with van der Waals surface area (Å²) in [5.74, 6) is 0.821. The van der Waals surface area contributed by atoms with Crippen molar-refractivity contribution in [3.63, 3.8) is 0 Å². The monoisotopic (exact) mass is 444 g/mol. The first-order valence-corrected chi connectivity index (χ1v) is 11.0. The lowest BCUT2D eigenvalue weighted by molar-refractivity contribution is 0.121. The van der Waals surface area contributed by atoms with Crippen LogP contribution in [0.5, 0.6) is 5.88 Å². The lowest BCUT2D eigenvalue weighted by atomic mass is 10.2. The number of hydrogen-bond acceptors (Lipinski definition) is 7. The molecule has 2 fully saturated rings. The van der Waals surface area contributed by atoms with Gasteiger partial charge in [-0.3, -0.25) is 4.57 Å². The van der Waals surface area contributed by atoms with E-state index in [4.69, 9.17) is 9.47 Å². The third kappa shape index (κ3) is 4.37. The van der Waals surface area contributed by atoms with Gasteiger partial charge in [0.25, 0.3) is 6.43 Å².